The molecule has 33 heavy (non-hydrogen) atoms. The summed E-state index contributed by atoms with van der Waals surface area (Å²) in [6.45, 7) is 1.04. The Hall–Kier alpha value is -3.20. The minimum absolute atomic E-state index is 0.0166. The van der Waals surface area contributed by atoms with Crippen molar-refractivity contribution in [3.8, 4) is 0 Å². The predicted octanol–water partition coefficient (Wildman–Crippen LogP) is 2.10. The molecule has 2 N–H and O–H groups in total. The van der Waals surface area contributed by atoms with Gasteiger partial charge in [0.15, 0.2) is 6.04 Å². The van der Waals surface area contributed by atoms with Crippen molar-refractivity contribution >= 4 is 17.7 Å². The van der Waals surface area contributed by atoms with Crippen molar-refractivity contribution in [1.82, 2.24) is 20.5 Å². The predicted molar refractivity (Wildman–Crippen MR) is 119 cm³/mol. The van der Waals surface area contributed by atoms with Crippen LogP contribution in [-0.4, -0.2) is 52.9 Å². The summed E-state index contributed by atoms with van der Waals surface area (Å²) < 4.78 is 11.1. The zero-order valence-corrected chi connectivity index (χ0v) is 18.6. The van der Waals surface area contributed by atoms with Gasteiger partial charge in [-0.25, -0.2) is 0 Å². The zero-order valence-electron chi connectivity index (χ0n) is 18.6. The lowest BCUT2D eigenvalue weighted by Gasteiger charge is -2.30. The number of amides is 3. The van der Waals surface area contributed by atoms with E-state index in [0.29, 0.717) is 18.7 Å². The van der Waals surface area contributed by atoms with Gasteiger partial charge in [-0.1, -0.05) is 18.9 Å². The van der Waals surface area contributed by atoms with E-state index < -0.39 is 23.8 Å². The molecule has 1 aliphatic carbocycles. The molecule has 0 aromatic carbocycles. The molecule has 2 aromatic heterocycles. The van der Waals surface area contributed by atoms with Gasteiger partial charge in [0, 0.05) is 38.1 Å². The molecule has 9 heteroatoms. The maximum Gasteiger partial charge on any atom is 0.313 e. The molecule has 3 heterocycles. The van der Waals surface area contributed by atoms with Crippen LogP contribution in [0.1, 0.15) is 55.9 Å². The number of ether oxygens (including phenoxy) is 1. The summed E-state index contributed by atoms with van der Waals surface area (Å²) in [5, 5.41) is 5.71. The Labute approximate surface area is 192 Å². The SMILES string of the molecule is O=C(NC1CCCC1)C(=O)N(Cc1cccnc1)[C@H](C(=O)NC[C@H]1CCCO1)c1ccco1. The van der Waals surface area contributed by atoms with Crippen LogP contribution in [0.3, 0.4) is 0 Å². The molecule has 0 spiro atoms. The van der Waals surface area contributed by atoms with Gasteiger partial charge in [0.25, 0.3) is 5.91 Å². The van der Waals surface area contributed by atoms with Crippen molar-refractivity contribution in [1.29, 1.82) is 0 Å². The van der Waals surface area contributed by atoms with E-state index in [0.717, 1.165) is 38.5 Å². The normalized spacial score (nSPS) is 19.2. The first-order valence-corrected chi connectivity index (χ1v) is 11.5. The van der Waals surface area contributed by atoms with Crippen LogP contribution in [0.5, 0.6) is 0 Å². The second-order valence-corrected chi connectivity index (χ2v) is 8.55. The second kappa shape index (κ2) is 11.1. The largest absolute Gasteiger partial charge is 0.467 e. The number of hydrogen-bond acceptors (Lipinski definition) is 6. The lowest BCUT2D eigenvalue weighted by molar-refractivity contribution is -0.151. The lowest BCUT2D eigenvalue weighted by atomic mass is 10.1. The summed E-state index contributed by atoms with van der Waals surface area (Å²) in [5.41, 5.74) is 0.697. The van der Waals surface area contributed by atoms with Gasteiger partial charge in [-0.2, -0.15) is 0 Å². The van der Waals surface area contributed by atoms with Gasteiger partial charge in [0.1, 0.15) is 5.76 Å². The molecular weight excluding hydrogens is 424 g/mol. The van der Waals surface area contributed by atoms with Crippen LogP contribution >= 0.6 is 0 Å². The van der Waals surface area contributed by atoms with Crippen molar-refractivity contribution in [3.05, 3.63) is 54.2 Å². The molecule has 2 aliphatic rings. The second-order valence-electron chi connectivity index (χ2n) is 8.55. The Morgan fingerprint density at radius 2 is 1.97 bits per heavy atom. The van der Waals surface area contributed by atoms with E-state index in [1.54, 1.807) is 36.7 Å². The standard InChI is InChI=1S/C24H30N4O5/c29-22(26-15-19-9-4-12-32-19)21(20-10-5-13-33-20)28(16-17-6-3-11-25-14-17)24(31)23(30)27-18-7-1-2-8-18/h3,5-6,10-11,13-14,18-19,21H,1-2,4,7-9,12,15-16H2,(H,26,29)(H,27,30)/t19-,21+/m1/s1. The van der Waals surface area contributed by atoms with Crippen molar-refractivity contribution < 1.29 is 23.5 Å². The van der Waals surface area contributed by atoms with Crippen molar-refractivity contribution in [2.75, 3.05) is 13.2 Å². The highest BCUT2D eigenvalue weighted by Crippen LogP contribution is 2.25. The molecule has 2 aromatic rings. The summed E-state index contributed by atoms with van der Waals surface area (Å²) in [7, 11) is 0. The average Bonchev–Trinajstić information content (AvgIpc) is 3.61. The van der Waals surface area contributed by atoms with Gasteiger partial charge in [-0.05, 0) is 49.4 Å². The topological polar surface area (TPSA) is 114 Å². The molecule has 0 unspecified atom stereocenters. The Balaban J connectivity index is 1.57. The van der Waals surface area contributed by atoms with E-state index >= 15 is 0 Å². The number of rotatable bonds is 8. The van der Waals surface area contributed by atoms with Gasteiger partial charge >= 0.3 is 11.8 Å². The van der Waals surface area contributed by atoms with Gasteiger partial charge in [-0.3, -0.25) is 19.4 Å². The molecule has 1 aliphatic heterocycles. The Morgan fingerprint density at radius 3 is 2.64 bits per heavy atom. The first-order valence-electron chi connectivity index (χ1n) is 11.5. The summed E-state index contributed by atoms with van der Waals surface area (Å²) in [4.78, 5) is 45.0. The van der Waals surface area contributed by atoms with Crippen LogP contribution in [0.15, 0.2) is 47.3 Å². The molecule has 9 nitrogen and oxygen atoms in total. The number of hydrogen-bond donors (Lipinski definition) is 2. The van der Waals surface area contributed by atoms with Crippen LogP contribution in [0, 0.1) is 0 Å². The molecule has 0 bridgehead atoms. The van der Waals surface area contributed by atoms with E-state index in [2.05, 4.69) is 15.6 Å². The van der Waals surface area contributed by atoms with Gasteiger partial charge in [0.2, 0.25) is 0 Å². The summed E-state index contributed by atoms with van der Waals surface area (Å²) in [5.74, 6) is -1.63. The van der Waals surface area contributed by atoms with Crippen molar-refractivity contribution in [3.63, 3.8) is 0 Å². The maximum absolute atomic E-state index is 13.4. The Morgan fingerprint density at radius 1 is 1.12 bits per heavy atom. The fourth-order valence-electron chi connectivity index (χ4n) is 4.40. The summed E-state index contributed by atoms with van der Waals surface area (Å²) in [6, 6.07) is 5.71. The van der Waals surface area contributed by atoms with Crippen LogP contribution in [0.4, 0.5) is 0 Å². The van der Waals surface area contributed by atoms with E-state index in [1.807, 2.05) is 0 Å². The van der Waals surface area contributed by atoms with E-state index in [4.69, 9.17) is 9.15 Å². The van der Waals surface area contributed by atoms with E-state index in [-0.39, 0.29) is 24.5 Å². The van der Waals surface area contributed by atoms with E-state index in [1.165, 1.54) is 11.2 Å². The fourth-order valence-corrected chi connectivity index (χ4v) is 4.40. The highest BCUT2D eigenvalue weighted by molar-refractivity contribution is 6.35. The Kier molecular flexibility index (Phi) is 7.72. The molecule has 4 rings (SSSR count). The Bertz CT molecular complexity index is 922. The summed E-state index contributed by atoms with van der Waals surface area (Å²) >= 11 is 0. The molecule has 1 saturated carbocycles. The van der Waals surface area contributed by atoms with Crippen molar-refractivity contribution in [2.24, 2.45) is 0 Å². The number of furan rings is 1. The number of aromatic nitrogens is 1. The minimum Gasteiger partial charge on any atom is -0.467 e. The van der Waals surface area contributed by atoms with E-state index in [9.17, 15) is 14.4 Å². The number of nitrogens with zero attached hydrogens (tertiary/aromatic N) is 2. The molecule has 3 amide bonds. The first-order chi connectivity index (χ1) is 16.1. The molecular formula is C24H30N4O5. The third-order valence-corrected chi connectivity index (χ3v) is 6.12. The fraction of sp³-hybridized carbons (Fsp3) is 0.500. The lowest BCUT2D eigenvalue weighted by Crippen LogP contribution is -2.50. The van der Waals surface area contributed by atoms with Gasteiger partial charge < -0.3 is 24.7 Å². The minimum atomic E-state index is -1.11. The molecule has 176 valence electrons. The maximum atomic E-state index is 13.4. The number of carbonyl (C=O) groups is 3. The van der Waals surface area contributed by atoms with Gasteiger partial charge in [-0.15, -0.1) is 0 Å². The third-order valence-electron chi connectivity index (χ3n) is 6.12. The van der Waals surface area contributed by atoms with Crippen LogP contribution < -0.4 is 10.6 Å². The smallest absolute Gasteiger partial charge is 0.313 e. The molecule has 0 radical (unpaired) electrons. The monoisotopic (exact) mass is 454 g/mol. The van der Waals surface area contributed by atoms with Crippen LogP contribution in [0.2, 0.25) is 0 Å². The number of nitrogens with one attached hydrogen (secondary N) is 2. The zero-order chi connectivity index (χ0) is 23.0. The summed E-state index contributed by atoms with van der Waals surface area (Å²) in [6.07, 6.45) is 10.2. The van der Waals surface area contributed by atoms with Crippen LogP contribution in [-0.2, 0) is 25.7 Å². The number of carbonyl (C=O) groups excluding carboxylic acids is 3. The third kappa shape index (κ3) is 5.98. The highest BCUT2D eigenvalue weighted by Gasteiger charge is 2.37. The highest BCUT2D eigenvalue weighted by atomic mass is 16.5. The molecule has 1 saturated heterocycles. The van der Waals surface area contributed by atoms with Crippen LogP contribution in [0.25, 0.3) is 0 Å². The molecule has 2 fully saturated rings. The first kappa shape index (κ1) is 23.0. The van der Waals surface area contributed by atoms with Crippen molar-refractivity contribution in [2.45, 2.75) is 63.3 Å². The number of pyridine rings is 1. The molecule has 2 atom stereocenters. The average molecular weight is 455 g/mol. The van der Waals surface area contributed by atoms with Gasteiger partial charge in [0.05, 0.1) is 12.4 Å². The quantitative estimate of drug-likeness (QED) is 0.591.